The second kappa shape index (κ2) is 6.44. The third-order valence-corrected chi connectivity index (χ3v) is 4.90. The van der Waals surface area contributed by atoms with Gasteiger partial charge in [0.1, 0.15) is 0 Å². The van der Waals surface area contributed by atoms with Crippen LogP contribution in [0, 0.1) is 5.41 Å². The van der Waals surface area contributed by atoms with Crippen molar-refractivity contribution in [3.8, 4) is 0 Å². The molecule has 0 bridgehead atoms. The number of nitrogens with one attached hydrogen (secondary N) is 1. The van der Waals surface area contributed by atoms with Crippen molar-refractivity contribution in [2.45, 2.75) is 58.4 Å². The number of hydrogen-bond acceptors (Lipinski definition) is 3. The average Bonchev–Trinajstić information content (AvgIpc) is 2.27. The van der Waals surface area contributed by atoms with Crippen molar-refractivity contribution in [3.63, 3.8) is 0 Å². The monoisotopic (exact) mass is 258 g/mol. The van der Waals surface area contributed by atoms with Crippen LogP contribution in [-0.2, 0) is 0 Å². The first-order valence-corrected chi connectivity index (χ1v) is 8.17. The highest BCUT2D eigenvalue weighted by Crippen LogP contribution is 2.25. The molecule has 1 N–H and O–H groups in total. The fourth-order valence-electron chi connectivity index (χ4n) is 2.47. The van der Waals surface area contributed by atoms with Gasteiger partial charge >= 0.3 is 0 Å². The molecule has 102 valence electrons. The number of nitrogens with zero attached hydrogens (tertiary/aromatic N) is 1. The highest BCUT2D eigenvalue weighted by molar-refractivity contribution is 7.99. The van der Waals surface area contributed by atoms with Gasteiger partial charge in [-0.2, -0.15) is 11.8 Å². The van der Waals surface area contributed by atoms with Crippen LogP contribution in [-0.4, -0.2) is 48.1 Å². The summed E-state index contributed by atoms with van der Waals surface area (Å²) in [5.74, 6) is 0. The Morgan fingerprint density at radius 2 is 2.06 bits per heavy atom. The van der Waals surface area contributed by atoms with Crippen LogP contribution in [0.3, 0.4) is 0 Å². The molecule has 0 aromatic heterocycles. The molecule has 0 radical (unpaired) electrons. The van der Waals surface area contributed by atoms with Crippen LogP contribution >= 0.6 is 11.8 Å². The number of piperazine rings is 1. The summed E-state index contributed by atoms with van der Waals surface area (Å²) >= 11 is 1.98. The second-order valence-electron chi connectivity index (χ2n) is 6.39. The van der Waals surface area contributed by atoms with E-state index in [1.165, 1.54) is 19.5 Å². The van der Waals surface area contributed by atoms with E-state index in [1.807, 2.05) is 11.8 Å². The van der Waals surface area contributed by atoms with Crippen LogP contribution in [0.5, 0.6) is 0 Å². The maximum absolute atomic E-state index is 3.73. The smallest absolute Gasteiger partial charge is 0.0244 e. The molecule has 3 unspecified atom stereocenters. The predicted molar refractivity (Wildman–Crippen MR) is 79.9 cm³/mol. The van der Waals surface area contributed by atoms with Crippen LogP contribution in [0.4, 0.5) is 0 Å². The van der Waals surface area contributed by atoms with E-state index in [4.69, 9.17) is 0 Å². The van der Waals surface area contributed by atoms with Crippen molar-refractivity contribution < 1.29 is 0 Å². The molecule has 1 saturated heterocycles. The SMILES string of the molecule is CCC1CNC(C(C)(C)C)CN1CC(C)SC. The Morgan fingerprint density at radius 1 is 1.41 bits per heavy atom. The summed E-state index contributed by atoms with van der Waals surface area (Å²) in [6.45, 7) is 15.2. The molecule has 1 fully saturated rings. The predicted octanol–water partition coefficient (Wildman–Crippen LogP) is 2.84. The van der Waals surface area contributed by atoms with Gasteiger partial charge in [-0.3, -0.25) is 4.90 Å². The highest BCUT2D eigenvalue weighted by Gasteiger charge is 2.33. The van der Waals surface area contributed by atoms with Gasteiger partial charge < -0.3 is 5.32 Å². The quantitative estimate of drug-likeness (QED) is 0.835. The number of hydrogen-bond donors (Lipinski definition) is 1. The minimum Gasteiger partial charge on any atom is -0.311 e. The van der Waals surface area contributed by atoms with E-state index < -0.39 is 0 Å². The van der Waals surface area contributed by atoms with E-state index in [-0.39, 0.29) is 0 Å². The van der Waals surface area contributed by atoms with Crippen molar-refractivity contribution in [3.05, 3.63) is 0 Å². The molecule has 17 heavy (non-hydrogen) atoms. The molecular weight excluding hydrogens is 228 g/mol. The Labute approximate surface area is 112 Å². The molecule has 0 aromatic carbocycles. The molecular formula is C14H30N2S. The first-order chi connectivity index (χ1) is 7.88. The molecule has 1 aliphatic heterocycles. The van der Waals surface area contributed by atoms with Crippen LogP contribution < -0.4 is 5.32 Å². The van der Waals surface area contributed by atoms with Gasteiger partial charge in [-0.15, -0.1) is 0 Å². The Bertz CT molecular complexity index is 225. The Balaban J connectivity index is 2.62. The minimum absolute atomic E-state index is 0.361. The molecule has 3 heteroatoms. The lowest BCUT2D eigenvalue weighted by molar-refractivity contribution is 0.0849. The largest absolute Gasteiger partial charge is 0.311 e. The van der Waals surface area contributed by atoms with Crippen LogP contribution in [0.1, 0.15) is 41.0 Å². The molecule has 0 saturated carbocycles. The minimum atomic E-state index is 0.361. The molecule has 1 aliphatic rings. The molecule has 1 rings (SSSR count). The first kappa shape index (κ1) is 15.3. The summed E-state index contributed by atoms with van der Waals surface area (Å²) in [6.07, 6.45) is 3.47. The van der Waals surface area contributed by atoms with Gasteiger partial charge in [-0.05, 0) is 18.1 Å². The highest BCUT2D eigenvalue weighted by atomic mass is 32.2. The van der Waals surface area contributed by atoms with Crippen LogP contribution in [0.2, 0.25) is 0 Å². The van der Waals surface area contributed by atoms with Crippen molar-refractivity contribution >= 4 is 11.8 Å². The van der Waals surface area contributed by atoms with Gasteiger partial charge in [0.2, 0.25) is 0 Å². The first-order valence-electron chi connectivity index (χ1n) is 6.88. The van der Waals surface area contributed by atoms with E-state index in [0.29, 0.717) is 11.5 Å². The number of thioether (sulfide) groups is 1. The zero-order valence-corrected chi connectivity index (χ0v) is 13.2. The zero-order valence-electron chi connectivity index (χ0n) is 12.4. The summed E-state index contributed by atoms with van der Waals surface area (Å²) < 4.78 is 0. The molecule has 0 aromatic rings. The summed E-state index contributed by atoms with van der Waals surface area (Å²) in [5.41, 5.74) is 0.361. The third kappa shape index (κ3) is 4.46. The maximum atomic E-state index is 3.73. The molecule has 3 atom stereocenters. The average molecular weight is 258 g/mol. The van der Waals surface area contributed by atoms with Crippen molar-refractivity contribution in [1.82, 2.24) is 10.2 Å². The summed E-state index contributed by atoms with van der Waals surface area (Å²) in [5, 5.41) is 4.47. The Kier molecular flexibility index (Phi) is 5.81. The van der Waals surface area contributed by atoms with E-state index in [1.54, 1.807) is 0 Å². The summed E-state index contributed by atoms with van der Waals surface area (Å²) in [6, 6.07) is 1.35. The third-order valence-electron chi connectivity index (χ3n) is 3.94. The summed E-state index contributed by atoms with van der Waals surface area (Å²) in [4.78, 5) is 2.70. The summed E-state index contributed by atoms with van der Waals surface area (Å²) in [7, 11) is 0. The molecule has 0 amide bonds. The second-order valence-corrected chi connectivity index (χ2v) is 7.67. The standard InChI is InChI=1S/C14H30N2S/c1-7-12-8-15-13(14(3,4)5)10-16(12)9-11(2)17-6/h11-13,15H,7-10H2,1-6H3. The van der Waals surface area contributed by atoms with Gasteiger partial charge in [-0.25, -0.2) is 0 Å². The topological polar surface area (TPSA) is 15.3 Å². The van der Waals surface area contributed by atoms with Gasteiger partial charge in [0.05, 0.1) is 0 Å². The van der Waals surface area contributed by atoms with E-state index in [9.17, 15) is 0 Å². The van der Waals surface area contributed by atoms with Gasteiger partial charge in [0.15, 0.2) is 0 Å². The van der Waals surface area contributed by atoms with Gasteiger partial charge in [0, 0.05) is 37.0 Å². The van der Waals surface area contributed by atoms with Crippen LogP contribution in [0.25, 0.3) is 0 Å². The molecule has 0 aliphatic carbocycles. The van der Waals surface area contributed by atoms with Crippen molar-refractivity contribution in [2.75, 3.05) is 25.9 Å². The fraction of sp³-hybridized carbons (Fsp3) is 1.00. The van der Waals surface area contributed by atoms with E-state index >= 15 is 0 Å². The maximum Gasteiger partial charge on any atom is 0.0244 e. The lowest BCUT2D eigenvalue weighted by Gasteiger charge is -2.45. The Hall–Kier alpha value is 0.270. The van der Waals surface area contributed by atoms with Crippen molar-refractivity contribution in [1.29, 1.82) is 0 Å². The number of rotatable bonds is 4. The van der Waals surface area contributed by atoms with E-state index in [2.05, 4.69) is 51.1 Å². The normalized spacial score (nSPS) is 29.3. The molecule has 0 spiro atoms. The van der Waals surface area contributed by atoms with Gasteiger partial charge in [-0.1, -0.05) is 34.6 Å². The van der Waals surface area contributed by atoms with Crippen LogP contribution in [0.15, 0.2) is 0 Å². The molecule has 1 heterocycles. The lowest BCUT2D eigenvalue weighted by atomic mass is 9.84. The fourth-order valence-corrected chi connectivity index (χ4v) is 2.81. The van der Waals surface area contributed by atoms with Crippen molar-refractivity contribution in [2.24, 2.45) is 5.41 Å². The lowest BCUT2D eigenvalue weighted by Crippen LogP contribution is -2.60. The zero-order chi connectivity index (χ0) is 13.1. The van der Waals surface area contributed by atoms with Gasteiger partial charge in [0.25, 0.3) is 0 Å². The Morgan fingerprint density at radius 3 is 2.53 bits per heavy atom. The van der Waals surface area contributed by atoms with E-state index in [0.717, 1.165) is 17.8 Å². The molecule has 2 nitrogen and oxygen atoms in total.